The van der Waals surface area contributed by atoms with Crippen LogP contribution in [0.2, 0.25) is 0 Å². The van der Waals surface area contributed by atoms with E-state index in [4.69, 9.17) is 4.52 Å². The van der Waals surface area contributed by atoms with Crippen LogP contribution in [0.15, 0.2) is 16.9 Å². The molecule has 0 N–H and O–H groups in total. The molecular formula is C15H23N5O. The first-order chi connectivity index (χ1) is 10.2. The van der Waals surface area contributed by atoms with Crippen LogP contribution in [-0.2, 0) is 6.42 Å². The molecule has 1 saturated heterocycles. The van der Waals surface area contributed by atoms with Crippen molar-refractivity contribution in [3.05, 3.63) is 29.7 Å². The lowest BCUT2D eigenvalue weighted by molar-refractivity contribution is 0.0456. The molecule has 0 saturated carbocycles. The maximum atomic E-state index is 5.40. The number of unbranched alkanes of at least 4 members (excludes halogenated alkanes) is 1. The fourth-order valence-corrected chi connectivity index (χ4v) is 2.63. The fourth-order valence-electron chi connectivity index (χ4n) is 2.63. The monoisotopic (exact) mass is 289 g/mol. The molecule has 1 unspecified atom stereocenters. The van der Waals surface area contributed by atoms with Crippen molar-refractivity contribution in [1.29, 1.82) is 0 Å². The summed E-state index contributed by atoms with van der Waals surface area (Å²) in [5.74, 6) is 1.56. The lowest BCUT2D eigenvalue weighted by Gasteiger charge is -2.41. The van der Waals surface area contributed by atoms with Crippen molar-refractivity contribution < 1.29 is 4.52 Å². The molecule has 0 aliphatic carbocycles. The van der Waals surface area contributed by atoms with Crippen LogP contribution >= 0.6 is 0 Å². The van der Waals surface area contributed by atoms with E-state index in [1.807, 2.05) is 6.20 Å². The first kappa shape index (κ1) is 14.3. The van der Waals surface area contributed by atoms with E-state index in [-0.39, 0.29) is 6.04 Å². The molecule has 21 heavy (non-hydrogen) atoms. The quantitative estimate of drug-likeness (QED) is 0.818. The van der Waals surface area contributed by atoms with Crippen LogP contribution in [0.25, 0.3) is 0 Å². The number of nitrogens with zero attached hydrogens (tertiary/aromatic N) is 5. The predicted molar refractivity (Wildman–Crippen MR) is 78.9 cm³/mol. The molecule has 6 heteroatoms. The zero-order valence-corrected chi connectivity index (χ0v) is 13.0. The van der Waals surface area contributed by atoms with Gasteiger partial charge in [0.1, 0.15) is 0 Å². The topological polar surface area (TPSA) is 60.0 Å². The van der Waals surface area contributed by atoms with Gasteiger partial charge in [-0.3, -0.25) is 9.58 Å². The molecule has 0 spiro atoms. The Kier molecular flexibility index (Phi) is 4.05. The van der Waals surface area contributed by atoms with Crippen molar-refractivity contribution >= 4 is 0 Å². The van der Waals surface area contributed by atoms with Crippen molar-refractivity contribution in [3.8, 4) is 0 Å². The molecule has 1 aliphatic rings. The summed E-state index contributed by atoms with van der Waals surface area (Å²) in [7, 11) is 0. The van der Waals surface area contributed by atoms with E-state index < -0.39 is 0 Å². The summed E-state index contributed by atoms with van der Waals surface area (Å²) in [5, 5.41) is 8.45. The molecule has 0 aromatic carbocycles. The van der Waals surface area contributed by atoms with Crippen LogP contribution in [0, 0.1) is 6.92 Å². The summed E-state index contributed by atoms with van der Waals surface area (Å²) in [6.45, 7) is 8.32. The van der Waals surface area contributed by atoms with Crippen LogP contribution in [0.1, 0.15) is 56.1 Å². The lowest BCUT2D eigenvalue weighted by Crippen LogP contribution is -2.48. The molecule has 0 bridgehead atoms. The smallest absolute Gasteiger partial charge is 0.243 e. The molecule has 0 amide bonds. The number of hydrogen-bond acceptors (Lipinski definition) is 5. The van der Waals surface area contributed by atoms with Crippen molar-refractivity contribution in [2.45, 2.75) is 52.1 Å². The van der Waals surface area contributed by atoms with E-state index in [1.54, 1.807) is 0 Å². The Morgan fingerprint density at radius 2 is 2.24 bits per heavy atom. The number of aryl methyl sites for hydroxylation is 2. The van der Waals surface area contributed by atoms with E-state index in [0.29, 0.717) is 6.04 Å². The molecule has 2 aromatic rings. The summed E-state index contributed by atoms with van der Waals surface area (Å²) < 4.78 is 7.45. The molecule has 114 valence electrons. The summed E-state index contributed by atoms with van der Waals surface area (Å²) in [6, 6.07) is 0.643. The van der Waals surface area contributed by atoms with Crippen molar-refractivity contribution in [1.82, 2.24) is 24.8 Å². The lowest BCUT2D eigenvalue weighted by atomic mass is 10.1. The standard InChI is InChI=1S/C15H23N5O/c1-4-5-6-14-17-15(21-18-14)12(3)19-9-13(10-19)20-8-11(2)7-16-20/h7-8,12-13H,4-6,9-10H2,1-3H3. The van der Waals surface area contributed by atoms with Gasteiger partial charge in [-0.05, 0) is 25.8 Å². The van der Waals surface area contributed by atoms with E-state index in [1.165, 1.54) is 5.56 Å². The van der Waals surface area contributed by atoms with Crippen molar-refractivity contribution in [2.24, 2.45) is 0 Å². The molecular weight excluding hydrogens is 266 g/mol. The molecule has 3 heterocycles. The van der Waals surface area contributed by atoms with Gasteiger partial charge in [0, 0.05) is 25.7 Å². The van der Waals surface area contributed by atoms with Crippen LogP contribution in [-0.4, -0.2) is 37.9 Å². The van der Waals surface area contributed by atoms with E-state index in [2.05, 4.69) is 51.8 Å². The zero-order chi connectivity index (χ0) is 14.8. The van der Waals surface area contributed by atoms with Gasteiger partial charge in [-0.1, -0.05) is 18.5 Å². The summed E-state index contributed by atoms with van der Waals surface area (Å²) in [6.07, 6.45) is 7.17. The van der Waals surface area contributed by atoms with E-state index in [0.717, 1.165) is 44.1 Å². The predicted octanol–water partition coefficient (Wildman–Crippen LogP) is 2.54. The minimum absolute atomic E-state index is 0.181. The summed E-state index contributed by atoms with van der Waals surface area (Å²) in [4.78, 5) is 6.86. The van der Waals surface area contributed by atoms with Crippen LogP contribution in [0.5, 0.6) is 0 Å². The number of aromatic nitrogens is 4. The SMILES string of the molecule is CCCCc1noc(C(C)N2CC(n3cc(C)cn3)C2)n1. The van der Waals surface area contributed by atoms with Gasteiger partial charge in [0.15, 0.2) is 5.82 Å². The van der Waals surface area contributed by atoms with Gasteiger partial charge in [0.2, 0.25) is 5.89 Å². The molecule has 6 nitrogen and oxygen atoms in total. The van der Waals surface area contributed by atoms with Gasteiger partial charge in [0.05, 0.1) is 18.3 Å². The minimum atomic E-state index is 0.181. The maximum absolute atomic E-state index is 5.40. The Morgan fingerprint density at radius 3 is 2.90 bits per heavy atom. The van der Waals surface area contributed by atoms with Gasteiger partial charge in [0.25, 0.3) is 0 Å². The fraction of sp³-hybridized carbons (Fsp3) is 0.667. The Bertz CT molecular complexity index is 584. The van der Waals surface area contributed by atoms with Crippen LogP contribution < -0.4 is 0 Å². The maximum Gasteiger partial charge on any atom is 0.243 e. The second-order valence-corrected chi connectivity index (χ2v) is 5.93. The molecule has 3 rings (SSSR count). The van der Waals surface area contributed by atoms with Gasteiger partial charge in [-0.15, -0.1) is 0 Å². The van der Waals surface area contributed by atoms with Crippen LogP contribution in [0.3, 0.4) is 0 Å². The van der Waals surface area contributed by atoms with Crippen LogP contribution in [0.4, 0.5) is 0 Å². The molecule has 0 radical (unpaired) electrons. The Labute approximate surface area is 125 Å². The highest BCUT2D eigenvalue weighted by Crippen LogP contribution is 2.30. The van der Waals surface area contributed by atoms with Gasteiger partial charge < -0.3 is 4.52 Å². The Hall–Kier alpha value is -1.69. The zero-order valence-electron chi connectivity index (χ0n) is 13.0. The highest BCUT2D eigenvalue weighted by Gasteiger charge is 2.34. The Balaban J connectivity index is 1.55. The van der Waals surface area contributed by atoms with Crippen molar-refractivity contribution in [3.63, 3.8) is 0 Å². The minimum Gasteiger partial charge on any atom is -0.338 e. The molecule has 1 aliphatic heterocycles. The summed E-state index contributed by atoms with van der Waals surface area (Å²) >= 11 is 0. The molecule has 2 aromatic heterocycles. The Morgan fingerprint density at radius 1 is 1.43 bits per heavy atom. The third-order valence-electron chi connectivity index (χ3n) is 4.14. The first-order valence-electron chi connectivity index (χ1n) is 7.74. The summed E-state index contributed by atoms with van der Waals surface area (Å²) in [5.41, 5.74) is 1.21. The largest absolute Gasteiger partial charge is 0.338 e. The average molecular weight is 289 g/mol. The third kappa shape index (κ3) is 3.00. The van der Waals surface area contributed by atoms with E-state index in [9.17, 15) is 0 Å². The molecule has 1 atom stereocenters. The second-order valence-electron chi connectivity index (χ2n) is 5.93. The van der Waals surface area contributed by atoms with Crippen molar-refractivity contribution in [2.75, 3.05) is 13.1 Å². The van der Waals surface area contributed by atoms with Gasteiger partial charge in [-0.2, -0.15) is 10.1 Å². The average Bonchev–Trinajstić information content (AvgIpc) is 3.04. The normalized spacial score (nSPS) is 17.9. The number of rotatable bonds is 6. The second kappa shape index (κ2) is 5.97. The third-order valence-corrected chi connectivity index (χ3v) is 4.14. The number of likely N-dealkylation sites (tertiary alicyclic amines) is 1. The number of hydrogen-bond donors (Lipinski definition) is 0. The highest BCUT2D eigenvalue weighted by atomic mass is 16.5. The molecule has 1 fully saturated rings. The van der Waals surface area contributed by atoms with Gasteiger partial charge >= 0.3 is 0 Å². The highest BCUT2D eigenvalue weighted by molar-refractivity contribution is 5.03. The van der Waals surface area contributed by atoms with E-state index >= 15 is 0 Å². The first-order valence-corrected chi connectivity index (χ1v) is 7.74. The van der Waals surface area contributed by atoms with Gasteiger partial charge in [-0.25, -0.2) is 0 Å².